The molecule has 1 aromatic rings. The average Bonchev–Trinajstić information content (AvgIpc) is 2.81. The van der Waals surface area contributed by atoms with Crippen molar-refractivity contribution in [3.8, 4) is 6.07 Å². The number of piperidine rings is 1. The van der Waals surface area contributed by atoms with Crippen molar-refractivity contribution < 1.29 is 0 Å². The van der Waals surface area contributed by atoms with Crippen molar-refractivity contribution in [3.05, 3.63) is 5.82 Å². The van der Waals surface area contributed by atoms with Crippen LogP contribution in [0.3, 0.4) is 0 Å². The van der Waals surface area contributed by atoms with Gasteiger partial charge in [-0.15, -0.1) is 0 Å². The van der Waals surface area contributed by atoms with E-state index < -0.39 is 0 Å². The monoisotopic (exact) mass is 265 g/mol. The summed E-state index contributed by atoms with van der Waals surface area (Å²) in [6.07, 6.45) is 2.14. The normalized spacial score (nSPS) is 17.9. The van der Waals surface area contributed by atoms with Crippen molar-refractivity contribution in [2.24, 2.45) is 0 Å². The van der Waals surface area contributed by atoms with E-state index in [1.807, 2.05) is 0 Å². The predicted octanol–water partition coefficient (Wildman–Crippen LogP) is 2.06. The molecule has 1 saturated heterocycles. The van der Waals surface area contributed by atoms with Gasteiger partial charge in [-0.3, -0.25) is 4.90 Å². The molecule has 18 heavy (non-hydrogen) atoms. The fourth-order valence-corrected chi connectivity index (χ4v) is 2.82. The summed E-state index contributed by atoms with van der Waals surface area (Å²) >= 11 is 1.44. The number of hydrogen-bond donors (Lipinski definition) is 1. The average molecular weight is 265 g/mol. The number of aromatic nitrogens is 2. The van der Waals surface area contributed by atoms with Crippen LogP contribution in [0.15, 0.2) is 0 Å². The predicted molar refractivity (Wildman–Crippen MR) is 72.7 cm³/mol. The molecule has 0 spiro atoms. The number of nitrogens with zero attached hydrogens (tertiary/aromatic N) is 4. The summed E-state index contributed by atoms with van der Waals surface area (Å²) in [7, 11) is 0. The molecule has 0 aliphatic carbocycles. The second kappa shape index (κ2) is 6.12. The molecule has 2 heterocycles. The Morgan fingerprint density at radius 1 is 1.50 bits per heavy atom. The summed E-state index contributed by atoms with van der Waals surface area (Å²) in [6.45, 7) is 6.73. The second-order valence-electron chi connectivity index (χ2n) is 4.97. The van der Waals surface area contributed by atoms with E-state index in [4.69, 9.17) is 5.26 Å². The van der Waals surface area contributed by atoms with Gasteiger partial charge in [0.25, 0.3) is 0 Å². The zero-order valence-electron chi connectivity index (χ0n) is 10.9. The Labute approximate surface area is 112 Å². The van der Waals surface area contributed by atoms with Gasteiger partial charge in [-0.1, -0.05) is 13.8 Å². The Kier molecular flexibility index (Phi) is 4.50. The third-order valence-corrected chi connectivity index (χ3v) is 3.83. The van der Waals surface area contributed by atoms with Gasteiger partial charge in [0.05, 0.1) is 12.6 Å². The molecule has 0 radical (unpaired) electrons. The molecule has 0 saturated carbocycles. The van der Waals surface area contributed by atoms with Gasteiger partial charge >= 0.3 is 0 Å². The molecule has 1 aliphatic rings. The van der Waals surface area contributed by atoms with Gasteiger partial charge < -0.3 is 5.32 Å². The topological polar surface area (TPSA) is 64.8 Å². The van der Waals surface area contributed by atoms with Crippen LogP contribution in [0.4, 0.5) is 5.13 Å². The number of nitrogens with one attached hydrogen (secondary N) is 1. The minimum Gasteiger partial charge on any atom is -0.357 e. The van der Waals surface area contributed by atoms with Crippen molar-refractivity contribution in [1.82, 2.24) is 14.3 Å². The maximum absolute atomic E-state index is 8.65. The van der Waals surface area contributed by atoms with Gasteiger partial charge in [0.15, 0.2) is 0 Å². The van der Waals surface area contributed by atoms with E-state index >= 15 is 0 Å². The first-order valence-corrected chi connectivity index (χ1v) is 7.16. The van der Waals surface area contributed by atoms with Gasteiger partial charge in [-0.05, 0) is 12.8 Å². The number of nitriles is 1. The fourth-order valence-electron chi connectivity index (χ4n) is 2.04. The highest BCUT2D eigenvalue weighted by Gasteiger charge is 2.20. The van der Waals surface area contributed by atoms with Gasteiger partial charge in [-0.2, -0.15) is 9.64 Å². The van der Waals surface area contributed by atoms with Gasteiger partial charge in [0.2, 0.25) is 5.13 Å². The van der Waals surface area contributed by atoms with E-state index in [9.17, 15) is 0 Å². The third-order valence-electron chi connectivity index (χ3n) is 3.17. The summed E-state index contributed by atoms with van der Waals surface area (Å²) in [5, 5.41) is 13.0. The molecule has 1 aliphatic heterocycles. The lowest BCUT2D eigenvalue weighted by atomic mass is 10.1. The Bertz CT molecular complexity index is 414. The van der Waals surface area contributed by atoms with Crippen LogP contribution >= 0.6 is 11.5 Å². The number of rotatable bonds is 4. The van der Waals surface area contributed by atoms with E-state index in [1.54, 1.807) is 0 Å². The zero-order valence-corrected chi connectivity index (χ0v) is 11.7. The van der Waals surface area contributed by atoms with E-state index in [1.165, 1.54) is 11.5 Å². The first kappa shape index (κ1) is 13.2. The van der Waals surface area contributed by atoms with Gasteiger partial charge in [-0.25, -0.2) is 4.98 Å². The SMILES string of the molecule is CC(C)c1nsc(NC2CCN(CC#N)CC2)n1. The number of likely N-dealkylation sites (tertiary alicyclic amines) is 1. The third kappa shape index (κ3) is 3.40. The summed E-state index contributed by atoms with van der Waals surface area (Å²) in [4.78, 5) is 6.68. The molecule has 1 fully saturated rings. The van der Waals surface area contributed by atoms with Crippen LogP contribution in [0.5, 0.6) is 0 Å². The quantitative estimate of drug-likeness (QED) is 0.844. The summed E-state index contributed by atoms with van der Waals surface area (Å²) in [6, 6.07) is 2.67. The van der Waals surface area contributed by atoms with Crippen molar-refractivity contribution in [1.29, 1.82) is 5.26 Å². The van der Waals surface area contributed by atoms with Crippen molar-refractivity contribution in [3.63, 3.8) is 0 Å². The molecule has 98 valence electrons. The molecular formula is C12H19N5S. The number of hydrogen-bond acceptors (Lipinski definition) is 6. The minimum atomic E-state index is 0.384. The van der Waals surface area contributed by atoms with Crippen molar-refractivity contribution in [2.45, 2.75) is 38.6 Å². The van der Waals surface area contributed by atoms with E-state index in [-0.39, 0.29) is 0 Å². The molecule has 0 aromatic carbocycles. The lowest BCUT2D eigenvalue weighted by Crippen LogP contribution is -2.39. The number of anilines is 1. The second-order valence-corrected chi connectivity index (χ2v) is 5.72. The molecule has 1 aromatic heterocycles. The van der Waals surface area contributed by atoms with Crippen molar-refractivity contribution in [2.75, 3.05) is 25.0 Å². The molecule has 1 N–H and O–H groups in total. The van der Waals surface area contributed by atoms with Crippen LogP contribution in [-0.4, -0.2) is 39.9 Å². The molecule has 0 unspecified atom stereocenters. The maximum Gasteiger partial charge on any atom is 0.202 e. The summed E-state index contributed by atoms with van der Waals surface area (Å²) in [5.74, 6) is 1.30. The molecule has 0 amide bonds. The highest BCUT2D eigenvalue weighted by Crippen LogP contribution is 2.20. The molecular weight excluding hydrogens is 246 g/mol. The molecule has 2 rings (SSSR count). The minimum absolute atomic E-state index is 0.384. The molecule has 6 heteroatoms. The highest BCUT2D eigenvalue weighted by molar-refractivity contribution is 7.09. The molecule has 0 atom stereocenters. The van der Waals surface area contributed by atoms with E-state index in [0.717, 1.165) is 36.9 Å². The van der Waals surface area contributed by atoms with E-state index in [0.29, 0.717) is 18.5 Å². The first-order chi connectivity index (χ1) is 8.69. The van der Waals surface area contributed by atoms with E-state index in [2.05, 4.69) is 39.5 Å². The van der Waals surface area contributed by atoms with Crippen LogP contribution in [0.25, 0.3) is 0 Å². The van der Waals surface area contributed by atoms with Crippen LogP contribution in [0.1, 0.15) is 38.4 Å². The Morgan fingerprint density at radius 3 is 2.78 bits per heavy atom. The summed E-state index contributed by atoms with van der Waals surface area (Å²) in [5.41, 5.74) is 0. The standard InChI is InChI=1S/C12H19N5S/c1-9(2)11-15-12(18-16-11)14-10-3-6-17(7-4-10)8-5-13/h9-10H,3-4,6-8H2,1-2H3,(H,14,15,16). The first-order valence-electron chi connectivity index (χ1n) is 6.38. The lowest BCUT2D eigenvalue weighted by molar-refractivity contribution is 0.242. The fraction of sp³-hybridized carbons (Fsp3) is 0.750. The van der Waals surface area contributed by atoms with Crippen LogP contribution < -0.4 is 5.32 Å². The van der Waals surface area contributed by atoms with Crippen LogP contribution in [0.2, 0.25) is 0 Å². The maximum atomic E-state index is 8.65. The van der Waals surface area contributed by atoms with Crippen LogP contribution in [0, 0.1) is 11.3 Å². The van der Waals surface area contributed by atoms with Gasteiger partial charge in [0, 0.05) is 36.6 Å². The summed E-state index contributed by atoms with van der Waals surface area (Å²) < 4.78 is 4.34. The highest BCUT2D eigenvalue weighted by atomic mass is 32.1. The lowest BCUT2D eigenvalue weighted by Gasteiger charge is -2.30. The smallest absolute Gasteiger partial charge is 0.202 e. The van der Waals surface area contributed by atoms with Crippen LogP contribution in [-0.2, 0) is 0 Å². The largest absolute Gasteiger partial charge is 0.357 e. The molecule has 0 bridgehead atoms. The Balaban J connectivity index is 1.82. The van der Waals surface area contributed by atoms with Crippen molar-refractivity contribution >= 4 is 16.7 Å². The Morgan fingerprint density at radius 2 is 2.22 bits per heavy atom. The Hall–Kier alpha value is -1.19. The zero-order chi connectivity index (χ0) is 13.0. The molecule has 5 nitrogen and oxygen atoms in total. The van der Waals surface area contributed by atoms with Gasteiger partial charge in [0.1, 0.15) is 5.82 Å².